The zero-order valence-corrected chi connectivity index (χ0v) is 12.2. The van der Waals surface area contributed by atoms with Crippen molar-refractivity contribution in [1.82, 2.24) is 14.5 Å². The van der Waals surface area contributed by atoms with Crippen molar-refractivity contribution in [3.63, 3.8) is 0 Å². The standard InChI is InChI=1S/C16H17N3O3/c1-3-15(20)18(2)14(16(21)22)9-13-10-17-11-19(13)12-7-5-4-6-8-12/h3-8,10-11,14H,1,9H2,2H3,(H,21,22)/t14-/m0/s1. The van der Waals surface area contributed by atoms with Crippen LogP contribution in [0.5, 0.6) is 0 Å². The first-order valence-corrected chi connectivity index (χ1v) is 6.73. The number of imidazole rings is 1. The van der Waals surface area contributed by atoms with E-state index in [0.29, 0.717) is 5.69 Å². The van der Waals surface area contributed by atoms with E-state index in [1.165, 1.54) is 7.05 Å². The predicted octanol–water partition coefficient (Wildman–Crippen LogP) is 1.51. The van der Waals surface area contributed by atoms with Crippen LogP contribution in [0.4, 0.5) is 0 Å². The number of amides is 1. The minimum Gasteiger partial charge on any atom is -0.480 e. The molecule has 6 heteroatoms. The molecule has 1 heterocycles. The van der Waals surface area contributed by atoms with Gasteiger partial charge >= 0.3 is 5.97 Å². The van der Waals surface area contributed by atoms with Crippen molar-refractivity contribution in [2.24, 2.45) is 0 Å². The number of carbonyl (C=O) groups excluding carboxylic acids is 1. The van der Waals surface area contributed by atoms with Crippen molar-refractivity contribution in [1.29, 1.82) is 0 Å². The van der Waals surface area contributed by atoms with Gasteiger partial charge in [-0.3, -0.25) is 4.79 Å². The fourth-order valence-electron chi connectivity index (χ4n) is 2.18. The van der Waals surface area contributed by atoms with Crippen LogP contribution in [0.2, 0.25) is 0 Å². The van der Waals surface area contributed by atoms with Crippen LogP contribution in [0.3, 0.4) is 0 Å². The van der Waals surface area contributed by atoms with Crippen LogP contribution in [0.15, 0.2) is 55.5 Å². The second-order valence-corrected chi connectivity index (χ2v) is 4.80. The molecule has 0 bridgehead atoms. The average Bonchev–Trinajstić information content (AvgIpc) is 3.00. The zero-order chi connectivity index (χ0) is 16.1. The molecule has 1 atom stereocenters. The molecule has 1 amide bonds. The van der Waals surface area contributed by atoms with E-state index in [1.807, 2.05) is 34.9 Å². The molecule has 0 saturated heterocycles. The van der Waals surface area contributed by atoms with Crippen LogP contribution in [-0.4, -0.2) is 44.5 Å². The molecule has 1 aromatic heterocycles. The quantitative estimate of drug-likeness (QED) is 0.820. The first-order chi connectivity index (χ1) is 10.5. The Balaban J connectivity index is 2.29. The van der Waals surface area contributed by atoms with Gasteiger partial charge in [0.15, 0.2) is 0 Å². The fourth-order valence-corrected chi connectivity index (χ4v) is 2.18. The average molecular weight is 299 g/mol. The van der Waals surface area contributed by atoms with Crippen LogP contribution < -0.4 is 0 Å². The molecule has 0 spiro atoms. The van der Waals surface area contributed by atoms with E-state index in [2.05, 4.69) is 11.6 Å². The normalized spacial score (nSPS) is 11.7. The molecule has 6 nitrogen and oxygen atoms in total. The Morgan fingerprint density at radius 3 is 2.68 bits per heavy atom. The molecular weight excluding hydrogens is 282 g/mol. The number of hydrogen-bond donors (Lipinski definition) is 1. The van der Waals surface area contributed by atoms with Crippen LogP contribution in [0.25, 0.3) is 5.69 Å². The Kier molecular flexibility index (Phi) is 4.73. The van der Waals surface area contributed by atoms with Gasteiger partial charge in [-0.2, -0.15) is 0 Å². The largest absolute Gasteiger partial charge is 0.480 e. The van der Waals surface area contributed by atoms with E-state index >= 15 is 0 Å². The lowest BCUT2D eigenvalue weighted by atomic mass is 10.1. The Labute approximate surface area is 128 Å². The molecule has 0 saturated carbocycles. The fraction of sp³-hybridized carbons (Fsp3) is 0.188. The van der Waals surface area contributed by atoms with E-state index in [-0.39, 0.29) is 6.42 Å². The summed E-state index contributed by atoms with van der Waals surface area (Å²) in [6.45, 7) is 3.38. The van der Waals surface area contributed by atoms with Gasteiger partial charge in [0.25, 0.3) is 0 Å². The molecule has 2 aromatic rings. The lowest BCUT2D eigenvalue weighted by Crippen LogP contribution is -2.43. The number of nitrogens with zero attached hydrogens (tertiary/aromatic N) is 3. The van der Waals surface area contributed by atoms with Gasteiger partial charge < -0.3 is 14.6 Å². The summed E-state index contributed by atoms with van der Waals surface area (Å²) in [5.74, 6) is -1.50. The Bertz CT molecular complexity index is 679. The zero-order valence-electron chi connectivity index (χ0n) is 12.2. The highest BCUT2D eigenvalue weighted by Crippen LogP contribution is 2.14. The number of aliphatic carboxylic acids is 1. The number of benzene rings is 1. The molecule has 2 rings (SSSR count). The predicted molar refractivity (Wildman–Crippen MR) is 81.7 cm³/mol. The van der Waals surface area contributed by atoms with Crippen LogP contribution in [-0.2, 0) is 16.0 Å². The summed E-state index contributed by atoms with van der Waals surface area (Å²) < 4.78 is 1.81. The lowest BCUT2D eigenvalue weighted by Gasteiger charge is -2.24. The molecule has 0 unspecified atom stereocenters. The van der Waals surface area contributed by atoms with Gasteiger partial charge in [0.2, 0.25) is 5.91 Å². The van der Waals surface area contributed by atoms with Gasteiger partial charge in [0.1, 0.15) is 6.04 Å². The maximum absolute atomic E-state index is 11.7. The number of aromatic nitrogens is 2. The topological polar surface area (TPSA) is 75.4 Å². The number of hydrogen-bond acceptors (Lipinski definition) is 3. The molecule has 1 aromatic carbocycles. The minimum absolute atomic E-state index is 0.153. The van der Waals surface area contributed by atoms with E-state index in [0.717, 1.165) is 16.7 Å². The second kappa shape index (κ2) is 6.71. The summed E-state index contributed by atoms with van der Waals surface area (Å²) in [6, 6.07) is 8.50. The summed E-state index contributed by atoms with van der Waals surface area (Å²) in [4.78, 5) is 28.4. The van der Waals surface area contributed by atoms with Gasteiger partial charge in [0.05, 0.1) is 6.33 Å². The molecule has 114 valence electrons. The molecular formula is C16H17N3O3. The van der Waals surface area contributed by atoms with Crippen molar-refractivity contribution in [3.05, 3.63) is 61.2 Å². The monoisotopic (exact) mass is 299 g/mol. The third-order valence-electron chi connectivity index (χ3n) is 3.43. The smallest absolute Gasteiger partial charge is 0.326 e. The molecule has 0 aliphatic rings. The lowest BCUT2D eigenvalue weighted by molar-refractivity contribution is -0.147. The van der Waals surface area contributed by atoms with Crippen molar-refractivity contribution in [2.45, 2.75) is 12.5 Å². The van der Waals surface area contributed by atoms with Crippen LogP contribution >= 0.6 is 0 Å². The van der Waals surface area contributed by atoms with Crippen molar-refractivity contribution in [3.8, 4) is 5.69 Å². The van der Waals surface area contributed by atoms with Crippen molar-refractivity contribution in [2.75, 3.05) is 7.05 Å². The molecule has 0 fully saturated rings. The highest BCUT2D eigenvalue weighted by molar-refractivity contribution is 5.90. The SMILES string of the molecule is C=CC(=O)N(C)[C@@H](Cc1cncn1-c1ccccc1)C(=O)O. The first kappa shape index (κ1) is 15.5. The highest BCUT2D eigenvalue weighted by atomic mass is 16.4. The molecule has 1 N–H and O–H groups in total. The Morgan fingerprint density at radius 2 is 2.09 bits per heavy atom. The van der Waals surface area contributed by atoms with Gasteiger partial charge in [-0.1, -0.05) is 24.8 Å². The van der Waals surface area contributed by atoms with E-state index in [9.17, 15) is 14.7 Å². The van der Waals surface area contributed by atoms with Gasteiger partial charge in [-0.25, -0.2) is 9.78 Å². The maximum Gasteiger partial charge on any atom is 0.326 e. The molecule has 0 radical (unpaired) electrons. The number of rotatable bonds is 6. The molecule has 22 heavy (non-hydrogen) atoms. The Morgan fingerprint density at radius 1 is 1.41 bits per heavy atom. The highest BCUT2D eigenvalue weighted by Gasteiger charge is 2.26. The second-order valence-electron chi connectivity index (χ2n) is 4.80. The van der Waals surface area contributed by atoms with Gasteiger partial charge in [-0.05, 0) is 18.2 Å². The summed E-state index contributed by atoms with van der Waals surface area (Å²) in [7, 11) is 1.45. The van der Waals surface area contributed by atoms with Crippen molar-refractivity contribution >= 4 is 11.9 Å². The maximum atomic E-state index is 11.7. The van der Waals surface area contributed by atoms with Crippen LogP contribution in [0, 0.1) is 0 Å². The summed E-state index contributed by atoms with van der Waals surface area (Å²) in [5.41, 5.74) is 1.60. The van der Waals surface area contributed by atoms with Gasteiger partial charge in [-0.15, -0.1) is 0 Å². The molecule has 0 aliphatic heterocycles. The molecule has 0 aliphatic carbocycles. The third kappa shape index (κ3) is 3.22. The number of likely N-dealkylation sites (N-methyl/N-ethyl adjacent to an activating group) is 1. The Hall–Kier alpha value is -2.89. The van der Waals surface area contributed by atoms with E-state index < -0.39 is 17.9 Å². The number of carboxylic acids is 1. The first-order valence-electron chi connectivity index (χ1n) is 6.73. The van der Waals surface area contributed by atoms with E-state index in [4.69, 9.17) is 0 Å². The van der Waals surface area contributed by atoms with Crippen LogP contribution in [0.1, 0.15) is 5.69 Å². The van der Waals surface area contributed by atoms with E-state index in [1.54, 1.807) is 12.5 Å². The third-order valence-corrected chi connectivity index (χ3v) is 3.43. The van der Waals surface area contributed by atoms with Crippen molar-refractivity contribution < 1.29 is 14.7 Å². The number of carboxylic acid groups (broad SMARTS) is 1. The summed E-state index contributed by atoms with van der Waals surface area (Å²) in [5, 5.41) is 9.39. The summed E-state index contributed by atoms with van der Waals surface area (Å²) in [6.07, 6.45) is 4.48. The number of carbonyl (C=O) groups is 2. The van der Waals surface area contributed by atoms with Gasteiger partial charge in [0, 0.05) is 31.0 Å². The number of para-hydroxylation sites is 1. The summed E-state index contributed by atoms with van der Waals surface area (Å²) >= 11 is 0. The minimum atomic E-state index is -1.07.